The Bertz CT molecular complexity index is 43.4. The number of carboxylic acid groups (broad SMARTS) is 1. The van der Waals surface area contributed by atoms with Crippen molar-refractivity contribution in [2.24, 2.45) is 0 Å². The minimum atomic E-state index is -1.19. The third kappa shape index (κ3) is 748. The van der Waals surface area contributed by atoms with Crippen LogP contribution in [0.25, 0.3) is 0 Å². The van der Waals surface area contributed by atoms with Crippen LogP contribution in [0.15, 0.2) is 0 Å². The standard InChI is InChI=1S/C2H4O3.8H2O/c3-1-2(4)5;;;;;;;;/h3H,1H2,(H,4,5);8*1H2. The van der Waals surface area contributed by atoms with Gasteiger partial charge in [0, 0.05) is 0 Å². The Morgan fingerprint density at radius 1 is 0.769 bits per heavy atom. The summed E-state index contributed by atoms with van der Waals surface area (Å²) in [6, 6.07) is 0. The van der Waals surface area contributed by atoms with E-state index in [0.717, 1.165) is 0 Å². The van der Waals surface area contributed by atoms with Gasteiger partial charge in [0.15, 0.2) is 0 Å². The van der Waals surface area contributed by atoms with Crippen LogP contribution in [0, 0.1) is 0 Å². The summed E-state index contributed by atoms with van der Waals surface area (Å²) in [7, 11) is 0. The lowest BCUT2D eigenvalue weighted by Gasteiger charge is -1.72. The predicted octanol–water partition coefficient (Wildman–Crippen LogP) is -7.53. The van der Waals surface area contributed by atoms with Gasteiger partial charge < -0.3 is 54.0 Å². The molecule has 94 valence electrons. The first-order valence-electron chi connectivity index (χ1n) is 1.10. The summed E-state index contributed by atoms with van der Waals surface area (Å²) in [6.45, 7) is -0.778. The monoisotopic (exact) mass is 220 g/mol. The van der Waals surface area contributed by atoms with E-state index < -0.39 is 12.6 Å². The van der Waals surface area contributed by atoms with E-state index >= 15 is 0 Å². The van der Waals surface area contributed by atoms with Gasteiger partial charge in [0.25, 0.3) is 0 Å². The molecule has 0 atom stereocenters. The molecule has 0 aliphatic heterocycles. The predicted molar refractivity (Wildman–Crippen MR) is 43.6 cm³/mol. The van der Waals surface area contributed by atoms with E-state index in [-0.39, 0.29) is 43.8 Å². The number of aliphatic hydroxyl groups is 1. The molecule has 0 radical (unpaired) electrons. The largest absolute Gasteiger partial charge is 0.480 e. The molecule has 0 amide bonds. The van der Waals surface area contributed by atoms with Crippen LogP contribution in [0.5, 0.6) is 0 Å². The molecule has 0 rings (SSSR count). The van der Waals surface area contributed by atoms with Crippen molar-refractivity contribution in [1.29, 1.82) is 0 Å². The molecular formula is C2H20O11. The van der Waals surface area contributed by atoms with E-state index in [1.54, 1.807) is 0 Å². The first kappa shape index (κ1) is 155. The van der Waals surface area contributed by atoms with Crippen molar-refractivity contribution >= 4 is 5.97 Å². The Hall–Kier alpha value is -0.890. The maximum atomic E-state index is 9.12. The fraction of sp³-hybridized carbons (Fsp3) is 0.500. The molecule has 0 aromatic carbocycles. The quantitative estimate of drug-likeness (QED) is 0.434. The number of rotatable bonds is 1. The summed E-state index contributed by atoms with van der Waals surface area (Å²) in [4.78, 5) is 9.12. The Balaban J connectivity index is -0.00000000286. The normalized spacial score (nSPS) is 2.85. The maximum Gasteiger partial charge on any atom is 0.329 e. The Labute approximate surface area is 72.7 Å². The number of aliphatic hydroxyl groups excluding tert-OH is 1. The van der Waals surface area contributed by atoms with E-state index in [4.69, 9.17) is 15.0 Å². The van der Waals surface area contributed by atoms with Crippen molar-refractivity contribution in [2.75, 3.05) is 6.61 Å². The summed E-state index contributed by atoms with van der Waals surface area (Å²) >= 11 is 0. The molecule has 13 heavy (non-hydrogen) atoms. The van der Waals surface area contributed by atoms with E-state index in [1.807, 2.05) is 0 Å². The van der Waals surface area contributed by atoms with Gasteiger partial charge in [-0.25, -0.2) is 4.79 Å². The van der Waals surface area contributed by atoms with Crippen LogP contribution in [0.3, 0.4) is 0 Å². The van der Waals surface area contributed by atoms with Gasteiger partial charge in [-0.05, 0) is 0 Å². The van der Waals surface area contributed by atoms with Crippen molar-refractivity contribution in [3.63, 3.8) is 0 Å². The fourth-order valence-corrected chi connectivity index (χ4v) is 0. The van der Waals surface area contributed by atoms with Crippen LogP contribution in [-0.2, 0) is 4.79 Å². The molecule has 0 unspecified atom stereocenters. The second-order valence-electron chi connectivity index (χ2n) is 0.552. The topological polar surface area (TPSA) is 310 Å². The van der Waals surface area contributed by atoms with Gasteiger partial charge in [-0.2, -0.15) is 0 Å². The Kier molecular flexibility index (Phi) is 1400. The van der Waals surface area contributed by atoms with E-state index in [0.29, 0.717) is 0 Å². The van der Waals surface area contributed by atoms with Crippen LogP contribution in [0.4, 0.5) is 0 Å². The van der Waals surface area contributed by atoms with Gasteiger partial charge in [0.2, 0.25) is 0 Å². The first-order chi connectivity index (χ1) is 2.27. The van der Waals surface area contributed by atoms with Crippen molar-refractivity contribution < 1.29 is 58.8 Å². The molecule has 0 aliphatic rings. The molecule has 0 aliphatic carbocycles. The molecule has 0 bridgehead atoms. The third-order valence-corrected chi connectivity index (χ3v) is 0.135. The summed E-state index contributed by atoms with van der Waals surface area (Å²) in [5, 5.41) is 15.0. The molecule has 11 heteroatoms. The highest BCUT2D eigenvalue weighted by Gasteiger charge is 1.82. The fourth-order valence-electron chi connectivity index (χ4n) is 0. The number of carboxylic acids is 1. The molecule has 0 spiro atoms. The summed E-state index contributed by atoms with van der Waals surface area (Å²) in [6.07, 6.45) is 0. The second-order valence-corrected chi connectivity index (χ2v) is 0.552. The minimum Gasteiger partial charge on any atom is -0.480 e. The van der Waals surface area contributed by atoms with Crippen LogP contribution >= 0.6 is 0 Å². The maximum absolute atomic E-state index is 9.12. The van der Waals surface area contributed by atoms with Crippen molar-refractivity contribution in [3.05, 3.63) is 0 Å². The summed E-state index contributed by atoms with van der Waals surface area (Å²) < 4.78 is 0. The molecule has 0 fully saturated rings. The van der Waals surface area contributed by atoms with Crippen LogP contribution in [-0.4, -0.2) is 66.6 Å². The van der Waals surface area contributed by atoms with Gasteiger partial charge >= 0.3 is 5.97 Å². The van der Waals surface area contributed by atoms with Crippen LogP contribution < -0.4 is 0 Å². The molecule has 0 saturated heterocycles. The van der Waals surface area contributed by atoms with Gasteiger partial charge in [0.1, 0.15) is 6.61 Å². The highest BCUT2D eigenvalue weighted by molar-refractivity contribution is 5.67. The van der Waals surface area contributed by atoms with Crippen molar-refractivity contribution in [3.8, 4) is 0 Å². The second kappa shape index (κ2) is 117. The van der Waals surface area contributed by atoms with Gasteiger partial charge in [-0.15, -0.1) is 0 Å². The lowest BCUT2D eigenvalue weighted by Crippen LogP contribution is -1.98. The van der Waals surface area contributed by atoms with E-state index in [1.165, 1.54) is 0 Å². The molecule has 18 N–H and O–H groups in total. The molecule has 0 aromatic rings. The highest BCUT2D eigenvalue weighted by atomic mass is 16.4. The molecule has 0 aromatic heterocycles. The van der Waals surface area contributed by atoms with Crippen molar-refractivity contribution in [1.82, 2.24) is 0 Å². The number of hydrogen-bond donors (Lipinski definition) is 2. The first-order valence-corrected chi connectivity index (χ1v) is 1.10. The van der Waals surface area contributed by atoms with Crippen molar-refractivity contribution in [2.45, 2.75) is 0 Å². The SMILES string of the molecule is O.O.O.O.O.O.O.O.O=C(O)CO. The average molecular weight is 220 g/mol. The third-order valence-electron chi connectivity index (χ3n) is 0.135. The minimum absolute atomic E-state index is 0. The zero-order valence-corrected chi connectivity index (χ0v) is 6.51. The van der Waals surface area contributed by atoms with E-state index in [2.05, 4.69) is 0 Å². The van der Waals surface area contributed by atoms with Gasteiger partial charge in [-0.1, -0.05) is 0 Å². The van der Waals surface area contributed by atoms with Gasteiger partial charge in [-0.3, -0.25) is 0 Å². The summed E-state index contributed by atoms with van der Waals surface area (Å²) in [5.74, 6) is -1.19. The van der Waals surface area contributed by atoms with E-state index in [9.17, 15) is 0 Å². The smallest absolute Gasteiger partial charge is 0.329 e. The number of carbonyl (C=O) groups is 1. The number of hydrogen-bond acceptors (Lipinski definition) is 2. The molecule has 0 heterocycles. The lowest BCUT2D eigenvalue weighted by atomic mass is 10.8. The summed E-state index contributed by atoms with van der Waals surface area (Å²) in [5.41, 5.74) is 0. The zero-order valence-electron chi connectivity index (χ0n) is 6.51. The number of aliphatic carboxylic acids is 1. The highest BCUT2D eigenvalue weighted by Crippen LogP contribution is 1.48. The Morgan fingerprint density at radius 2 is 0.846 bits per heavy atom. The Morgan fingerprint density at radius 3 is 0.846 bits per heavy atom. The molecule has 11 nitrogen and oxygen atoms in total. The lowest BCUT2D eigenvalue weighted by molar-refractivity contribution is -0.140. The molecule has 0 saturated carbocycles. The van der Waals surface area contributed by atoms with Crippen LogP contribution in [0.2, 0.25) is 0 Å². The average Bonchev–Trinajstić information content (AvgIpc) is 1.38. The molecular weight excluding hydrogens is 200 g/mol. The van der Waals surface area contributed by atoms with Gasteiger partial charge in [0.05, 0.1) is 0 Å². The van der Waals surface area contributed by atoms with Crippen LogP contribution in [0.1, 0.15) is 0 Å². The zero-order chi connectivity index (χ0) is 4.28.